The second-order valence-corrected chi connectivity index (χ2v) is 8.65. The third-order valence-corrected chi connectivity index (χ3v) is 4.64. The van der Waals surface area contributed by atoms with Gasteiger partial charge in [-0.25, -0.2) is 4.99 Å². The molecule has 0 fully saturated rings. The van der Waals surface area contributed by atoms with Crippen molar-refractivity contribution in [1.29, 1.82) is 0 Å². The van der Waals surface area contributed by atoms with E-state index in [0.29, 0.717) is 5.84 Å². The zero-order valence-electron chi connectivity index (χ0n) is 19.8. The molecule has 9 heteroatoms. The second-order valence-electron chi connectivity index (χ2n) is 8.65. The zero-order chi connectivity index (χ0) is 24.1. The van der Waals surface area contributed by atoms with Gasteiger partial charge in [-0.2, -0.15) is 0 Å². The molecular weight excluding hydrogens is 412 g/mol. The number of benzene rings is 1. The molecule has 1 N–H and O–H groups in total. The summed E-state index contributed by atoms with van der Waals surface area (Å²) >= 11 is 0. The number of carbonyl (C=O) groups is 3. The fraction of sp³-hybridized carbons (Fsp3) is 0.478. The number of amidine groups is 1. The molecule has 1 aliphatic rings. The van der Waals surface area contributed by atoms with Gasteiger partial charge in [0.05, 0.1) is 26.1 Å². The first kappa shape index (κ1) is 25.1. The lowest BCUT2D eigenvalue weighted by atomic mass is 10.1. The summed E-state index contributed by atoms with van der Waals surface area (Å²) in [5, 5.41) is 2.95. The van der Waals surface area contributed by atoms with Crippen LogP contribution < -0.4 is 10.2 Å². The Hall–Kier alpha value is -3.20. The molecule has 1 aromatic carbocycles. The fourth-order valence-corrected chi connectivity index (χ4v) is 3.04. The highest BCUT2D eigenvalue weighted by molar-refractivity contribution is 6.16. The molecule has 1 amide bonds. The molecule has 0 spiro atoms. The van der Waals surface area contributed by atoms with Crippen LogP contribution >= 0.6 is 0 Å². The molecule has 1 aliphatic heterocycles. The Morgan fingerprint density at radius 3 is 2.34 bits per heavy atom. The Morgan fingerprint density at radius 1 is 1.19 bits per heavy atom. The van der Waals surface area contributed by atoms with Crippen LogP contribution in [-0.4, -0.2) is 75.0 Å². The van der Waals surface area contributed by atoms with Crippen LogP contribution in [0.5, 0.6) is 0 Å². The Balaban J connectivity index is 2.30. The van der Waals surface area contributed by atoms with E-state index in [9.17, 15) is 14.4 Å². The number of likely N-dealkylation sites (N-methyl/N-ethyl adjacent to an activating group) is 1. The van der Waals surface area contributed by atoms with Gasteiger partial charge in [-0.3, -0.25) is 24.6 Å². The van der Waals surface area contributed by atoms with Crippen molar-refractivity contribution >= 4 is 35.4 Å². The van der Waals surface area contributed by atoms with Crippen LogP contribution in [0.15, 0.2) is 35.0 Å². The summed E-state index contributed by atoms with van der Waals surface area (Å²) in [7, 11) is 6.76. The van der Waals surface area contributed by atoms with Gasteiger partial charge in [0.15, 0.2) is 0 Å². The van der Waals surface area contributed by atoms with Crippen LogP contribution in [0.25, 0.3) is 6.08 Å². The van der Waals surface area contributed by atoms with Gasteiger partial charge < -0.3 is 14.4 Å². The van der Waals surface area contributed by atoms with Gasteiger partial charge in [0.25, 0.3) is 5.91 Å². The third kappa shape index (κ3) is 6.91. The first-order chi connectivity index (χ1) is 14.9. The first-order valence-electron chi connectivity index (χ1n) is 10.3. The molecule has 0 aromatic heterocycles. The molecule has 1 heterocycles. The molecule has 174 valence electrons. The topological polar surface area (TPSA) is 101 Å². The molecule has 2 rings (SSSR count). The number of ether oxygens (including phenoxy) is 2. The molecule has 9 nitrogen and oxygen atoms in total. The van der Waals surface area contributed by atoms with Gasteiger partial charge in [0.2, 0.25) is 0 Å². The number of nitrogens with one attached hydrogen (secondary N) is 1. The van der Waals surface area contributed by atoms with E-state index in [1.54, 1.807) is 33.9 Å². The van der Waals surface area contributed by atoms with Crippen LogP contribution in [0.3, 0.4) is 0 Å². The average Bonchev–Trinajstić information content (AvgIpc) is 2.98. The number of aliphatic imine (C=N–C) groups is 1. The number of nitrogens with zero attached hydrogens (tertiary/aromatic N) is 3. The Labute approximate surface area is 189 Å². The number of amides is 1. The molecule has 0 bridgehead atoms. The van der Waals surface area contributed by atoms with Gasteiger partial charge in [0.1, 0.15) is 17.1 Å². The average molecular weight is 445 g/mol. The molecule has 1 atom stereocenters. The molecule has 0 radical (unpaired) electrons. The van der Waals surface area contributed by atoms with Crippen molar-refractivity contribution in [1.82, 2.24) is 10.2 Å². The zero-order valence-corrected chi connectivity index (χ0v) is 19.8. The quantitative estimate of drug-likeness (QED) is 0.482. The normalized spacial score (nSPS) is 16.1. The summed E-state index contributed by atoms with van der Waals surface area (Å²) in [6.07, 6.45) is 1.59. The third-order valence-electron chi connectivity index (χ3n) is 4.64. The van der Waals surface area contributed by atoms with Crippen LogP contribution in [0.2, 0.25) is 0 Å². The molecule has 1 aromatic rings. The smallest absolute Gasteiger partial charge is 0.319 e. The largest absolute Gasteiger partial charge is 0.468 e. The van der Waals surface area contributed by atoms with Gasteiger partial charge >= 0.3 is 11.9 Å². The maximum absolute atomic E-state index is 12.8. The number of carbonyl (C=O) groups excluding carboxylic acids is 3. The van der Waals surface area contributed by atoms with E-state index in [-0.39, 0.29) is 24.6 Å². The molecule has 32 heavy (non-hydrogen) atoms. The van der Waals surface area contributed by atoms with Crippen molar-refractivity contribution in [2.75, 3.05) is 39.7 Å². The highest BCUT2D eigenvalue weighted by Gasteiger charge is 2.34. The summed E-state index contributed by atoms with van der Waals surface area (Å²) in [5.41, 5.74) is 1.45. The predicted molar refractivity (Wildman–Crippen MR) is 123 cm³/mol. The van der Waals surface area contributed by atoms with E-state index in [0.717, 1.165) is 11.3 Å². The Bertz CT molecular complexity index is 913. The van der Waals surface area contributed by atoms with E-state index in [4.69, 9.17) is 4.74 Å². The number of hydrogen-bond donors (Lipinski definition) is 1. The maximum Gasteiger partial charge on any atom is 0.319 e. The lowest BCUT2D eigenvalue weighted by molar-refractivity contribution is -0.155. The highest BCUT2D eigenvalue weighted by atomic mass is 16.6. The number of anilines is 1. The van der Waals surface area contributed by atoms with Crippen molar-refractivity contribution in [3.05, 3.63) is 35.5 Å². The van der Waals surface area contributed by atoms with Crippen LogP contribution in [0.1, 0.15) is 32.8 Å². The summed E-state index contributed by atoms with van der Waals surface area (Å²) in [5.74, 6) is -0.935. The van der Waals surface area contributed by atoms with Gasteiger partial charge in [-0.15, -0.1) is 0 Å². The fourth-order valence-electron chi connectivity index (χ4n) is 3.04. The van der Waals surface area contributed by atoms with E-state index in [1.807, 2.05) is 43.3 Å². The van der Waals surface area contributed by atoms with Crippen LogP contribution in [-0.2, 0) is 23.9 Å². The Kier molecular flexibility index (Phi) is 8.15. The molecule has 1 unspecified atom stereocenters. The summed E-state index contributed by atoms with van der Waals surface area (Å²) in [6.45, 7) is 5.17. The van der Waals surface area contributed by atoms with Gasteiger partial charge in [-0.1, -0.05) is 12.1 Å². The number of esters is 2. The summed E-state index contributed by atoms with van der Waals surface area (Å²) in [6, 6.07) is 6.99. The van der Waals surface area contributed by atoms with Crippen molar-refractivity contribution in [2.45, 2.75) is 38.8 Å². The van der Waals surface area contributed by atoms with E-state index in [2.05, 4.69) is 15.0 Å². The van der Waals surface area contributed by atoms with Crippen LogP contribution in [0.4, 0.5) is 5.69 Å². The number of methoxy groups -OCH3 is 1. The summed E-state index contributed by atoms with van der Waals surface area (Å²) in [4.78, 5) is 44.7. The number of hydrogen-bond acceptors (Lipinski definition) is 8. The monoisotopic (exact) mass is 444 g/mol. The van der Waals surface area contributed by atoms with Crippen molar-refractivity contribution in [2.24, 2.45) is 4.99 Å². The van der Waals surface area contributed by atoms with Gasteiger partial charge in [-0.05, 0) is 44.5 Å². The highest BCUT2D eigenvalue weighted by Crippen LogP contribution is 2.21. The lowest BCUT2D eigenvalue weighted by Gasteiger charge is -2.24. The molecule has 0 saturated heterocycles. The second kappa shape index (κ2) is 10.4. The van der Waals surface area contributed by atoms with Gasteiger partial charge in [0, 0.05) is 26.8 Å². The standard InChI is InChI=1S/C23H32N4O5/c1-23(2,3)32-19(28)13-17(24-14-20(29)31-7)21-25-18(22(30)27(21)6)12-15-8-10-16(11-9-15)26(4)5/h8-12,17,24H,13-14H2,1-7H3/b18-12-. The maximum atomic E-state index is 12.8. The van der Waals surface area contributed by atoms with Crippen molar-refractivity contribution < 1.29 is 23.9 Å². The van der Waals surface area contributed by atoms with E-state index < -0.39 is 23.6 Å². The van der Waals surface area contributed by atoms with Crippen LogP contribution in [0, 0.1) is 0 Å². The van der Waals surface area contributed by atoms with E-state index >= 15 is 0 Å². The molecule has 0 saturated carbocycles. The first-order valence-corrected chi connectivity index (χ1v) is 10.3. The Morgan fingerprint density at radius 2 is 1.81 bits per heavy atom. The minimum Gasteiger partial charge on any atom is -0.468 e. The SMILES string of the molecule is COC(=O)CNC(CC(=O)OC(C)(C)C)C1=N/C(=C\c2ccc(N(C)C)cc2)C(=O)N1C. The molecular formula is C23H32N4O5. The van der Waals surface area contributed by atoms with Crippen molar-refractivity contribution in [3.63, 3.8) is 0 Å². The van der Waals surface area contributed by atoms with Crippen molar-refractivity contribution in [3.8, 4) is 0 Å². The predicted octanol–water partition coefficient (Wildman–Crippen LogP) is 1.83. The minimum atomic E-state index is -0.708. The molecule has 0 aliphatic carbocycles. The van der Waals surface area contributed by atoms with E-state index in [1.165, 1.54) is 12.0 Å². The summed E-state index contributed by atoms with van der Waals surface area (Å²) < 4.78 is 10.1. The lowest BCUT2D eigenvalue weighted by Crippen LogP contribution is -2.47. The minimum absolute atomic E-state index is 0.102. The number of rotatable bonds is 8.